The van der Waals surface area contributed by atoms with Crippen molar-refractivity contribution in [1.82, 2.24) is 0 Å². The molecule has 114 valence electrons. The van der Waals surface area contributed by atoms with Crippen molar-refractivity contribution in [3.63, 3.8) is 0 Å². The number of rotatable bonds is 5. The van der Waals surface area contributed by atoms with E-state index >= 15 is 0 Å². The van der Waals surface area contributed by atoms with Crippen LogP contribution in [0.25, 0.3) is 0 Å². The van der Waals surface area contributed by atoms with Crippen LogP contribution in [0.3, 0.4) is 0 Å². The average Bonchev–Trinajstić information content (AvgIpc) is 2.48. The normalized spacial score (nSPS) is 11.0. The Kier molecular flexibility index (Phi) is 5.42. The van der Waals surface area contributed by atoms with Gasteiger partial charge in [-0.1, -0.05) is 35.4 Å². The molecule has 0 saturated heterocycles. The first kappa shape index (κ1) is 15.9. The second kappa shape index (κ2) is 7.51. The molecular formula is C20H22O2. The quantitative estimate of drug-likeness (QED) is 0.494. The van der Waals surface area contributed by atoms with E-state index < -0.39 is 0 Å². The zero-order chi connectivity index (χ0) is 15.9. The Morgan fingerprint density at radius 3 is 2.18 bits per heavy atom. The van der Waals surface area contributed by atoms with Gasteiger partial charge >= 0.3 is 0 Å². The van der Waals surface area contributed by atoms with E-state index in [4.69, 9.17) is 9.47 Å². The van der Waals surface area contributed by atoms with E-state index in [1.807, 2.05) is 67.6 Å². The molecule has 0 spiro atoms. The highest BCUT2D eigenvalue weighted by Gasteiger charge is 2.01. The van der Waals surface area contributed by atoms with Gasteiger partial charge in [-0.15, -0.1) is 0 Å². The summed E-state index contributed by atoms with van der Waals surface area (Å²) < 4.78 is 11.6. The van der Waals surface area contributed by atoms with Crippen LogP contribution in [0.2, 0.25) is 0 Å². The lowest BCUT2D eigenvalue weighted by Crippen LogP contribution is -1.91. The van der Waals surface area contributed by atoms with Gasteiger partial charge in [0.1, 0.15) is 23.0 Å². The van der Waals surface area contributed by atoms with Crippen molar-refractivity contribution in [1.29, 1.82) is 0 Å². The Bertz CT molecular complexity index is 675. The van der Waals surface area contributed by atoms with Crippen molar-refractivity contribution in [3.8, 4) is 17.2 Å². The molecule has 0 radical (unpaired) electrons. The highest BCUT2D eigenvalue weighted by atomic mass is 16.5. The molecule has 0 amide bonds. The van der Waals surface area contributed by atoms with Crippen LogP contribution in [0.5, 0.6) is 17.2 Å². The summed E-state index contributed by atoms with van der Waals surface area (Å²) >= 11 is 0. The number of ether oxygens (including phenoxy) is 2. The maximum atomic E-state index is 5.84. The first-order valence-electron chi connectivity index (χ1n) is 7.37. The van der Waals surface area contributed by atoms with Crippen LogP contribution in [0.1, 0.15) is 26.3 Å². The van der Waals surface area contributed by atoms with Crippen molar-refractivity contribution >= 4 is 0 Å². The predicted octanol–water partition coefficient (Wildman–Crippen LogP) is 6.04. The van der Waals surface area contributed by atoms with Crippen molar-refractivity contribution in [2.24, 2.45) is 0 Å². The standard InChI is InChI=1S/C20H22O2/c1-15(2)8-11-17(4)21-19-6-5-7-20(14-19)22-18-12-9-16(3)10-13-18/h5-14H,1-4H3/b17-11+. The third-order valence-corrected chi connectivity index (χ3v) is 2.99. The molecule has 2 rings (SSSR count). The van der Waals surface area contributed by atoms with Gasteiger partial charge in [-0.05, 0) is 58.0 Å². The van der Waals surface area contributed by atoms with Gasteiger partial charge in [0, 0.05) is 6.07 Å². The third-order valence-electron chi connectivity index (χ3n) is 2.99. The molecule has 0 heterocycles. The Labute approximate surface area is 132 Å². The summed E-state index contributed by atoms with van der Waals surface area (Å²) in [5.41, 5.74) is 2.45. The molecule has 0 aliphatic rings. The van der Waals surface area contributed by atoms with Crippen LogP contribution in [0, 0.1) is 6.92 Å². The fourth-order valence-electron chi connectivity index (χ4n) is 1.85. The minimum Gasteiger partial charge on any atom is -0.462 e. The average molecular weight is 294 g/mol. The fraction of sp³-hybridized carbons (Fsp3) is 0.200. The molecule has 2 nitrogen and oxygen atoms in total. The van der Waals surface area contributed by atoms with E-state index in [-0.39, 0.29) is 0 Å². The molecule has 0 aromatic heterocycles. The lowest BCUT2D eigenvalue weighted by atomic mass is 10.2. The molecule has 22 heavy (non-hydrogen) atoms. The van der Waals surface area contributed by atoms with Gasteiger partial charge in [0.25, 0.3) is 0 Å². The van der Waals surface area contributed by atoms with Crippen molar-refractivity contribution in [2.75, 3.05) is 0 Å². The predicted molar refractivity (Wildman–Crippen MR) is 91.5 cm³/mol. The first-order chi connectivity index (χ1) is 10.5. The second-order valence-corrected chi connectivity index (χ2v) is 5.51. The van der Waals surface area contributed by atoms with Crippen LogP contribution >= 0.6 is 0 Å². The third kappa shape index (κ3) is 5.13. The summed E-state index contributed by atoms with van der Waals surface area (Å²) in [7, 11) is 0. The lowest BCUT2D eigenvalue weighted by molar-refractivity contribution is 0.421. The monoisotopic (exact) mass is 294 g/mol. The summed E-state index contributed by atoms with van der Waals surface area (Å²) in [5.74, 6) is 3.19. The molecule has 0 bridgehead atoms. The molecule has 0 saturated carbocycles. The van der Waals surface area contributed by atoms with Crippen molar-refractivity contribution in [2.45, 2.75) is 27.7 Å². The van der Waals surface area contributed by atoms with Crippen LogP contribution in [-0.4, -0.2) is 0 Å². The van der Waals surface area contributed by atoms with Crippen LogP contribution in [0.4, 0.5) is 0 Å². The molecule has 2 aromatic rings. The topological polar surface area (TPSA) is 18.5 Å². The summed E-state index contributed by atoms with van der Waals surface area (Å²) in [5, 5.41) is 0. The summed E-state index contributed by atoms with van der Waals surface area (Å²) in [6.07, 6.45) is 3.99. The summed E-state index contributed by atoms with van der Waals surface area (Å²) in [4.78, 5) is 0. The summed E-state index contributed by atoms with van der Waals surface area (Å²) in [6, 6.07) is 15.6. The highest BCUT2D eigenvalue weighted by Crippen LogP contribution is 2.26. The first-order valence-corrected chi connectivity index (χ1v) is 7.37. The van der Waals surface area contributed by atoms with E-state index in [2.05, 4.69) is 20.8 Å². The smallest absolute Gasteiger partial charge is 0.131 e. The van der Waals surface area contributed by atoms with Gasteiger partial charge in [-0.25, -0.2) is 0 Å². The van der Waals surface area contributed by atoms with Gasteiger partial charge in [-0.3, -0.25) is 0 Å². The molecular weight excluding hydrogens is 272 g/mol. The number of benzene rings is 2. The number of hydrogen-bond acceptors (Lipinski definition) is 2. The van der Waals surface area contributed by atoms with Crippen molar-refractivity contribution < 1.29 is 9.47 Å². The largest absolute Gasteiger partial charge is 0.462 e. The van der Waals surface area contributed by atoms with Gasteiger partial charge < -0.3 is 9.47 Å². The van der Waals surface area contributed by atoms with Crippen LogP contribution < -0.4 is 9.47 Å². The van der Waals surface area contributed by atoms with Gasteiger partial charge in [0.2, 0.25) is 0 Å². The molecule has 0 unspecified atom stereocenters. The van der Waals surface area contributed by atoms with Gasteiger partial charge in [0.05, 0.1) is 0 Å². The Hall–Kier alpha value is -2.48. The molecule has 0 N–H and O–H groups in total. The van der Waals surface area contributed by atoms with E-state index in [0.717, 1.165) is 23.0 Å². The molecule has 0 aliphatic carbocycles. The molecule has 0 atom stereocenters. The zero-order valence-corrected chi connectivity index (χ0v) is 13.6. The maximum absolute atomic E-state index is 5.84. The lowest BCUT2D eigenvalue weighted by Gasteiger charge is -2.09. The fourth-order valence-corrected chi connectivity index (χ4v) is 1.85. The maximum Gasteiger partial charge on any atom is 0.131 e. The van der Waals surface area contributed by atoms with Gasteiger partial charge in [-0.2, -0.15) is 0 Å². The summed E-state index contributed by atoms with van der Waals surface area (Å²) in [6.45, 7) is 8.10. The van der Waals surface area contributed by atoms with E-state index in [9.17, 15) is 0 Å². The molecule has 2 aromatic carbocycles. The minimum absolute atomic E-state index is 0.761. The van der Waals surface area contributed by atoms with Crippen molar-refractivity contribution in [3.05, 3.63) is 77.6 Å². The Morgan fingerprint density at radius 1 is 0.818 bits per heavy atom. The number of hydrogen-bond donors (Lipinski definition) is 0. The number of aryl methyl sites for hydroxylation is 1. The second-order valence-electron chi connectivity index (χ2n) is 5.51. The molecule has 0 fully saturated rings. The highest BCUT2D eigenvalue weighted by molar-refractivity contribution is 5.38. The van der Waals surface area contributed by atoms with E-state index in [1.165, 1.54) is 11.1 Å². The van der Waals surface area contributed by atoms with E-state index in [1.54, 1.807) is 0 Å². The number of allylic oxidation sites excluding steroid dienone is 4. The Balaban J connectivity index is 2.08. The zero-order valence-electron chi connectivity index (χ0n) is 13.6. The van der Waals surface area contributed by atoms with Gasteiger partial charge in [0.15, 0.2) is 0 Å². The van der Waals surface area contributed by atoms with E-state index in [0.29, 0.717) is 0 Å². The molecule has 0 aliphatic heterocycles. The molecule has 2 heteroatoms. The SMILES string of the molecule is CC(C)=C/C=C(\C)Oc1cccc(Oc2ccc(C)cc2)c1. The van der Waals surface area contributed by atoms with Crippen LogP contribution in [0.15, 0.2) is 72.0 Å². The minimum atomic E-state index is 0.761. The Morgan fingerprint density at radius 2 is 1.50 bits per heavy atom. The van der Waals surface area contributed by atoms with Crippen LogP contribution in [-0.2, 0) is 0 Å².